The van der Waals surface area contributed by atoms with Crippen molar-refractivity contribution < 1.29 is 14.3 Å². The summed E-state index contributed by atoms with van der Waals surface area (Å²) in [6.07, 6.45) is 4.16. The van der Waals surface area contributed by atoms with E-state index in [0.29, 0.717) is 36.6 Å². The first-order valence-electron chi connectivity index (χ1n) is 11.4. The number of aromatic amines is 1. The molecule has 6 heteroatoms. The number of aryl methyl sites for hydroxylation is 1. The normalized spacial score (nSPS) is 11.2. The second-order valence-corrected chi connectivity index (χ2v) is 8.22. The summed E-state index contributed by atoms with van der Waals surface area (Å²) in [5.41, 5.74) is 5.11. The van der Waals surface area contributed by atoms with Gasteiger partial charge in [0.25, 0.3) is 5.91 Å². The number of ether oxygens (including phenoxy) is 2. The van der Waals surface area contributed by atoms with Crippen molar-refractivity contribution in [3.8, 4) is 17.6 Å². The number of hydrogen-bond donors (Lipinski definition) is 2. The van der Waals surface area contributed by atoms with Gasteiger partial charge in [-0.1, -0.05) is 54.1 Å². The number of H-pyrrole nitrogens is 1. The molecule has 35 heavy (non-hydrogen) atoms. The van der Waals surface area contributed by atoms with E-state index in [0.717, 1.165) is 22.0 Å². The van der Waals surface area contributed by atoms with E-state index < -0.39 is 5.91 Å². The third kappa shape index (κ3) is 5.90. The summed E-state index contributed by atoms with van der Waals surface area (Å²) >= 11 is 0. The third-order valence-corrected chi connectivity index (χ3v) is 5.70. The number of nitrogens with zero attached hydrogens (tertiary/aromatic N) is 1. The average Bonchev–Trinajstić information content (AvgIpc) is 3.29. The van der Waals surface area contributed by atoms with Gasteiger partial charge in [0.1, 0.15) is 18.2 Å². The van der Waals surface area contributed by atoms with Crippen LogP contribution in [0.25, 0.3) is 17.0 Å². The summed E-state index contributed by atoms with van der Waals surface area (Å²) in [4.78, 5) is 15.8. The van der Waals surface area contributed by atoms with Crippen molar-refractivity contribution in [1.29, 1.82) is 5.26 Å². The predicted molar refractivity (Wildman–Crippen MR) is 137 cm³/mol. The zero-order valence-electron chi connectivity index (χ0n) is 19.8. The molecular formula is C29H27N3O3. The van der Waals surface area contributed by atoms with Gasteiger partial charge in [-0.15, -0.1) is 0 Å². The number of para-hydroxylation sites is 1. The molecule has 3 aromatic carbocycles. The van der Waals surface area contributed by atoms with Gasteiger partial charge in [-0.05, 0) is 54.3 Å². The number of nitriles is 1. The summed E-state index contributed by atoms with van der Waals surface area (Å²) < 4.78 is 11.4. The van der Waals surface area contributed by atoms with Crippen LogP contribution in [0.15, 0.2) is 78.5 Å². The third-order valence-electron chi connectivity index (χ3n) is 5.70. The van der Waals surface area contributed by atoms with Crippen LogP contribution in [0.2, 0.25) is 0 Å². The molecule has 0 aliphatic rings. The fraction of sp³-hybridized carbons (Fsp3) is 0.172. The van der Waals surface area contributed by atoms with E-state index in [1.807, 2.05) is 61.7 Å². The highest BCUT2D eigenvalue weighted by atomic mass is 16.5. The van der Waals surface area contributed by atoms with Gasteiger partial charge < -0.3 is 19.8 Å². The van der Waals surface area contributed by atoms with E-state index in [-0.39, 0.29) is 5.57 Å². The fourth-order valence-corrected chi connectivity index (χ4v) is 3.92. The van der Waals surface area contributed by atoms with Gasteiger partial charge in [0.15, 0.2) is 11.5 Å². The lowest BCUT2D eigenvalue weighted by Gasteiger charge is -2.12. The number of carbonyl (C=O) groups is 1. The predicted octanol–water partition coefficient (Wildman–Crippen LogP) is 5.33. The summed E-state index contributed by atoms with van der Waals surface area (Å²) in [5.74, 6) is 0.711. The van der Waals surface area contributed by atoms with Crippen LogP contribution in [0.4, 0.5) is 0 Å². The Labute approximate surface area is 204 Å². The average molecular weight is 466 g/mol. The van der Waals surface area contributed by atoms with Gasteiger partial charge in [0.05, 0.1) is 7.11 Å². The van der Waals surface area contributed by atoms with E-state index >= 15 is 0 Å². The standard InChI is InChI=1S/C29H27N3O3/c1-20-6-5-7-22(14-20)19-35-27-11-10-21(16-28(27)34-2)15-24(17-30)29(33)31-13-12-23-18-32-26-9-4-3-8-25(23)26/h3-11,14-16,18,32H,12-13,19H2,1-2H3,(H,31,33)/b24-15-. The molecule has 0 atom stereocenters. The smallest absolute Gasteiger partial charge is 0.261 e. The Balaban J connectivity index is 1.39. The van der Waals surface area contributed by atoms with E-state index in [9.17, 15) is 10.1 Å². The summed E-state index contributed by atoms with van der Waals surface area (Å²) in [6, 6.07) is 23.5. The highest BCUT2D eigenvalue weighted by Crippen LogP contribution is 2.30. The van der Waals surface area contributed by atoms with Crippen molar-refractivity contribution >= 4 is 22.9 Å². The number of carbonyl (C=O) groups excluding carboxylic acids is 1. The molecule has 0 saturated carbocycles. The van der Waals surface area contributed by atoms with Crippen LogP contribution in [0.1, 0.15) is 22.3 Å². The maximum atomic E-state index is 12.6. The number of nitrogens with one attached hydrogen (secondary N) is 2. The first-order chi connectivity index (χ1) is 17.1. The first kappa shape index (κ1) is 23.7. The van der Waals surface area contributed by atoms with Gasteiger partial charge in [0.2, 0.25) is 0 Å². The Bertz CT molecular complexity index is 1410. The molecule has 1 aromatic heterocycles. The summed E-state index contributed by atoms with van der Waals surface area (Å²) in [5, 5.41) is 13.5. The zero-order chi connectivity index (χ0) is 24.6. The van der Waals surface area contributed by atoms with Gasteiger partial charge in [-0.3, -0.25) is 4.79 Å². The Morgan fingerprint density at radius 3 is 2.74 bits per heavy atom. The van der Waals surface area contributed by atoms with Crippen LogP contribution >= 0.6 is 0 Å². The van der Waals surface area contributed by atoms with Crippen LogP contribution in [-0.4, -0.2) is 24.5 Å². The number of amides is 1. The number of benzene rings is 3. The summed E-state index contributed by atoms with van der Waals surface area (Å²) in [6.45, 7) is 2.88. The fourth-order valence-electron chi connectivity index (χ4n) is 3.92. The van der Waals surface area contributed by atoms with Gasteiger partial charge in [-0.25, -0.2) is 0 Å². The second kappa shape index (κ2) is 11.1. The quantitative estimate of drug-likeness (QED) is 0.258. The summed E-state index contributed by atoms with van der Waals surface area (Å²) in [7, 11) is 1.56. The number of fused-ring (bicyclic) bond motifs is 1. The minimum Gasteiger partial charge on any atom is -0.493 e. The Hall–Kier alpha value is -4.50. The largest absolute Gasteiger partial charge is 0.493 e. The molecule has 0 saturated heterocycles. The van der Waals surface area contributed by atoms with Crippen LogP contribution < -0.4 is 14.8 Å². The van der Waals surface area contributed by atoms with Crippen LogP contribution in [0.3, 0.4) is 0 Å². The maximum absolute atomic E-state index is 12.6. The van der Waals surface area contributed by atoms with Gasteiger partial charge >= 0.3 is 0 Å². The number of methoxy groups -OCH3 is 1. The monoisotopic (exact) mass is 465 g/mol. The molecule has 176 valence electrons. The highest BCUT2D eigenvalue weighted by Gasteiger charge is 2.11. The Kier molecular flexibility index (Phi) is 7.49. The first-order valence-corrected chi connectivity index (χ1v) is 11.4. The van der Waals surface area contributed by atoms with Crippen molar-refractivity contribution in [1.82, 2.24) is 10.3 Å². The van der Waals surface area contributed by atoms with Crippen molar-refractivity contribution in [2.75, 3.05) is 13.7 Å². The highest BCUT2D eigenvalue weighted by molar-refractivity contribution is 6.01. The van der Waals surface area contributed by atoms with Crippen molar-refractivity contribution in [2.24, 2.45) is 0 Å². The molecular weight excluding hydrogens is 438 g/mol. The SMILES string of the molecule is COc1cc(/C=C(/C#N)C(=O)NCCc2c[nH]c3ccccc23)ccc1OCc1cccc(C)c1. The van der Waals surface area contributed by atoms with E-state index in [4.69, 9.17) is 9.47 Å². The van der Waals surface area contributed by atoms with Crippen molar-refractivity contribution in [3.63, 3.8) is 0 Å². The van der Waals surface area contributed by atoms with E-state index in [1.165, 1.54) is 5.56 Å². The number of aromatic nitrogens is 1. The van der Waals surface area contributed by atoms with Crippen LogP contribution in [-0.2, 0) is 17.8 Å². The molecule has 0 fully saturated rings. The zero-order valence-corrected chi connectivity index (χ0v) is 19.8. The number of rotatable bonds is 9. The molecule has 0 spiro atoms. The van der Waals surface area contributed by atoms with Gasteiger partial charge in [-0.2, -0.15) is 5.26 Å². The second-order valence-electron chi connectivity index (χ2n) is 8.22. The maximum Gasteiger partial charge on any atom is 0.261 e. The minimum absolute atomic E-state index is 0.0272. The molecule has 1 heterocycles. The van der Waals surface area contributed by atoms with Crippen LogP contribution in [0.5, 0.6) is 11.5 Å². The molecule has 0 unspecified atom stereocenters. The van der Waals surface area contributed by atoms with Crippen LogP contribution in [0, 0.1) is 18.3 Å². The molecule has 0 aliphatic heterocycles. The Morgan fingerprint density at radius 2 is 1.94 bits per heavy atom. The Morgan fingerprint density at radius 1 is 1.09 bits per heavy atom. The lowest BCUT2D eigenvalue weighted by atomic mass is 10.1. The molecule has 6 nitrogen and oxygen atoms in total. The lowest BCUT2D eigenvalue weighted by molar-refractivity contribution is -0.117. The molecule has 4 aromatic rings. The van der Waals surface area contributed by atoms with Crippen molar-refractivity contribution in [3.05, 3.63) is 101 Å². The minimum atomic E-state index is -0.411. The van der Waals surface area contributed by atoms with E-state index in [1.54, 1.807) is 31.4 Å². The lowest BCUT2D eigenvalue weighted by Crippen LogP contribution is -2.26. The van der Waals surface area contributed by atoms with Crippen molar-refractivity contribution in [2.45, 2.75) is 20.0 Å². The van der Waals surface area contributed by atoms with E-state index in [2.05, 4.69) is 16.4 Å². The molecule has 4 rings (SSSR count). The molecule has 2 N–H and O–H groups in total. The topological polar surface area (TPSA) is 87.1 Å². The molecule has 1 amide bonds. The number of hydrogen-bond acceptors (Lipinski definition) is 4. The molecule has 0 aliphatic carbocycles. The molecule has 0 radical (unpaired) electrons. The molecule has 0 bridgehead atoms. The van der Waals surface area contributed by atoms with Gasteiger partial charge in [0, 0.05) is 23.6 Å².